The van der Waals surface area contributed by atoms with E-state index in [2.05, 4.69) is 5.32 Å². The summed E-state index contributed by atoms with van der Waals surface area (Å²) in [5, 5.41) is 4.97. The Morgan fingerprint density at radius 2 is 1.51 bits per heavy atom. The lowest BCUT2D eigenvalue weighted by atomic mass is 9.67. The van der Waals surface area contributed by atoms with Crippen molar-refractivity contribution in [2.45, 2.75) is 53.0 Å². The molecule has 39 heavy (non-hydrogen) atoms. The number of rotatable bonds is 2. The molecule has 7 heteroatoms. The van der Waals surface area contributed by atoms with Crippen molar-refractivity contribution < 1.29 is 22.4 Å². The molecule has 0 spiro atoms. The summed E-state index contributed by atoms with van der Waals surface area (Å²) in [5.41, 5.74) is 0.397. The average molecular weight is 537 g/mol. The highest BCUT2D eigenvalue weighted by molar-refractivity contribution is 6.12. The Bertz CT molecular complexity index is 1520. The molecule has 1 aliphatic carbocycles. The van der Waals surface area contributed by atoms with Crippen molar-refractivity contribution in [3.8, 4) is 0 Å². The molecule has 0 aromatic heterocycles. The molecule has 0 saturated carbocycles. The van der Waals surface area contributed by atoms with Gasteiger partial charge in [-0.25, -0.2) is 17.6 Å². The van der Waals surface area contributed by atoms with Gasteiger partial charge in [0.25, 0.3) is 0 Å². The van der Waals surface area contributed by atoms with Gasteiger partial charge in [0.05, 0.1) is 11.6 Å². The Labute approximate surface area is 225 Å². The first-order valence-electron chi connectivity index (χ1n) is 13.6. The third-order valence-electron chi connectivity index (χ3n) is 8.49. The van der Waals surface area contributed by atoms with Crippen molar-refractivity contribution in [1.29, 1.82) is 0 Å². The predicted octanol–water partition coefficient (Wildman–Crippen LogP) is 8.19. The van der Waals surface area contributed by atoms with Crippen LogP contribution in [0.25, 0.3) is 16.3 Å². The van der Waals surface area contributed by atoms with E-state index < -0.39 is 40.6 Å². The summed E-state index contributed by atoms with van der Waals surface area (Å²) in [5.74, 6) is -5.77. The number of nitrogens with one attached hydrogen (secondary N) is 1. The van der Waals surface area contributed by atoms with E-state index in [1.54, 1.807) is 6.07 Å². The van der Waals surface area contributed by atoms with E-state index in [1.165, 1.54) is 4.90 Å². The molecule has 1 N–H and O–H groups in total. The summed E-state index contributed by atoms with van der Waals surface area (Å²) in [6.07, 6.45) is 1.53. The Morgan fingerprint density at radius 3 is 2.18 bits per heavy atom. The fraction of sp³-hybridized carbons (Fsp3) is 0.406. The van der Waals surface area contributed by atoms with Crippen LogP contribution < -0.4 is 10.2 Å². The highest BCUT2D eigenvalue weighted by Crippen LogP contribution is 2.53. The number of hydrogen-bond acceptors (Lipinski definition) is 3. The number of piperidine rings is 1. The number of halogens is 4. The number of Topliss-reactive ketones (excluding diaryl/α,β-unsaturated/α-hetero) is 1. The zero-order valence-electron chi connectivity index (χ0n) is 22.6. The van der Waals surface area contributed by atoms with E-state index in [0.29, 0.717) is 30.8 Å². The van der Waals surface area contributed by atoms with Crippen LogP contribution in [0.15, 0.2) is 42.0 Å². The van der Waals surface area contributed by atoms with Crippen LogP contribution in [0, 0.1) is 40.5 Å². The molecule has 204 valence electrons. The van der Waals surface area contributed by atoms with Crippen LogP contribution in [0.3, 0.4) is 0 Å². The second-order valence-electron chi connectivity index (χ2n) is 12.5. The maximum Gasteiger partial charge on any atom is 0.185 e. The lowest BCUT2D eigenvalue weighted by Gasteiger charge is -2.40. The van der Waals surface area contributed by atoms with Gasteiger partial charge in [0.1, 0.15) is 5.69 Å². The monoisotopic (exact) mass is 536 g/mol. The fourth-order valence-corrected chi connectivity index (χ4v) is 7.07. The molecular weight excluding hydrogens is 504 g/mol. The van der Waals surface area contributed by atoms with Crippen molar-refractivity contribution >= 4 is 33.5 Å². The van der Waals surface area contributed by atoms with Crippen molar-refractivity contribution in [3.05, 3.63) is 76.4 Å². The van der Waals surface area contributed by atoms with Gasteiger partial charge in [0.15, 0.2) is 29.1 Å². The lowest BCUT2D eigenvalue weighted by molar-refractivity contribution is -0.118. The summed E-state index contributed by atoms with van der Waals surface area (Å²) in [7, 11) is 0. The molecular formula is C32H32F4N2O. The van der Waals surface area contributed by atoms with Crippen molar-refractivity contribution in [2.75, 3.05) is 23.3 Å². The van der Waals surface area contributed by atoms with E-state index in [0.717, 1.165) is 22.8 Å². The average Bonchev–Trinajstić information content (AvgIpc) is 2.86. The molecule has 0 amide bonds. The third-order valence-corrected chi connectivity index (χ3v) is 8.49. The van der Waals surface area contributed by atoms with E-state index in [4.69, 9.17) is 0 Å². The molecule has 0 bridgehead atoms. The summed E-state index contributed by atoms with van der Waals surface area (Å²) in [4.78, 5) is 15.0. The minimum atomic E-state index is -1.46. The molecule has 2 heterocycles. The smallest absolute Gasteiger partial charge is 0.185 e. The first-order chi connectivity index (χ1) is 18.5. The molecule has 3 atom stereocenters. The molecule has 1 saturated heterocycles. The standard InChI is InChI=1S/C32H32F4N2O/c1-16-11-17(2)15-38(14-16)31-28(35)26(33)25(27(34)29(31)36)30-24-20(12-32(3,4)13-22(24)39)23-19-8-6-5-7-18(19)9-10-21(23)37-30/h5-10,16-17,30,37H,11-15H2,1-4H3/t16-,17-,30-/m1/s1. The number of anilines is 2. The topological polar surface area (TPSA) is 32.3 Å². The third kappa shape index (κ3) is 4.12. The zero-order valence-corrected chi connectivity index (χ0v) is 22.6. The van der Waals surface area contributed by atoms with Gasteiger partial charge in [-0.05, 0) is 52.5 Å². The van der Waals surface area contributed by atoms with Crippen molar-refractivity contribution in [2.24, 2.45) is 17.3 Å². The van der Waals surface area contributed by atoms with E-state index >= 15 is 17.6 Å². The fourth-order valence-electron chi connectivity index (χ4n) is 7.07. The van der Waals surface area contributed by atoms with Crippen LogP contribution in [-0.4, -0.2) is 18.9 Å². The van der Waals surface area contributed by atoms with Gasteiger partial charge >= 0.3 is 0 Å². The van der Waals surface area contributed by atoms with E-state index in [-0.39, 0.29) is 35.0 Å². The number of hydrogen-bond donors (Lipinski definition) is 1. The maximum absolute atomic E-state index is 15.9. The Hall–Kier alpha value is -3.35. The summed E-state index contributed by atoms with van der Waals surface area (Å²) >= 11 is 0. The second-order valence-corrected chi connectivity index (χ2v) is 12.5. The highest BCUT2D eigenvalue weighted by atomic mass is 19.2. The number of benzene rings is 3. The molecule has 2 aliphatic heterocycles. The van der Waals surface area contributed by atoms with Gasteiger partial charge < -0.3 is 10.2 Å². The van der Waals surface area contributed by atoms with Crippen molar-refractivity contribution in [1.82, 2.24) is 0 Å². The Kier molecular flexibility index (Phi) is 6.05. The molecule has 0 unspecified atom stereocenters. The zero-order chi connectivity index (χ0) is 27.8. The quantitative estimate of drug-likeness (QED) is 0.265. The number of nitrogens with zero attached hydrogens (tertiary/aromatic N) is 1. The summed E-state index contributed by atoms with van der Waals surface area (Å²) in [6.45, 7) is 8.48. The van der Waals surface area contributed by atoms with Crippen molar-refractivity contribution in [3.63, 3.8) is 0 Å². The van der Waals surface area contributed by atoms with Gasteiger partial charge in [0.2, 0.25) is 0 Å². The van der Waals surface area contributed by atoms with Gasteiger partial charge in [-0.2, -0.15) is 0 Å². The van der Waals surface area contributed by atoms with Crippen LogP contribution in [0.2, 0.25) is 0 Å². The predicted molar refractivity (Wildman–Crippen MR) is 147 cm³/mol. The first kappa shape index (κ1) is 25.9. The van der Waals surface area contributed by atoms with Crippen LogP contribution in [0.1, 0.15) is 64.1 Å². The molecule has 6 rings (SSSR count). The number of ketones is 1. The van der Waals surface area contributed by atoms with Gasteiger partial charge in [-0.1, -0.05) is 58.0 Å². The lowest BCUT2D eigenvalue weighted by Crippen LogP contribution is -2.40. The normalized spacial score (nSPS) is 24.5. The molecule has 1 fully saturated rings. The SMILES string of the molecule is C[C@@H]1C[C@@H](C)CN(c2c(F)c(F)c([C@@H]3Nc4ccc5ccccc5c4C4=C3C(=O)CC(C)(C)C4)c(F)c2F)C1. The molecule has 3 aromatic rings. The molecule has 3 nitrogen and oxygen atoms in total. The molecule has 3 aromatic carbocycles. The summed E-state index contributed by atoms with van der Waals surface area (Å²) < 4.78 is 63.2. The van der Waals surface area contributed by atoms with Crippen LogP contribution in [-0.2, 0) is 4.79 Å². The van der Waals surface area contributed by atoms with Gasteiger partial charge in [0, 0.05) is 36.3 Å². The second kappa shape index (κ2) is 9.10. The minimum absolute atomic E-state index is 0.126. The highest BCUT2D eigenvalue weighted by Gasteiger charge is 2.44. The first-order valence-corrected chi connectivity index (χ1v) is 13.6. The number of carbonyl (C=O) groups is 1. The number of carbonyl (C=O) groups excluding carboxylic acids is 1. The maximum atomic E-state index is 15.9. The van der Waals surface area contributed by atoms with Gasteiger partial charge in [-0.15, -0.1) is 0 Å². The molecule has 3 aliphatic rings. The minimum Gasteiger partial charge on any atom is -0.373 e. The Morgan fingerprint density at radius 1 is 0.872 bits per heavy atom. The van der Waals surface area contributed by atoms with Gasteiger partial charge in [-0.3, -0.25) is 4.79 Å². The molecule has 0 radical (unpaired) electrons. The number of allylic oxidation sites excluding steroid dienone is 1. The van der Waals surface area contributed by atoms with Crippen LogP contribution in [0.4, 0.5) is 28.9 Å². The number of fused-ring (bicyclic) bond motifs is 4. The Balaban J connectivity index is 1.57. The van der Waals surface area contributed by atoms with E-state index in [9.17, 15) is 4.79 Å². The van der Waals surface area contributed by atoms with Crippen LogP contribution >= 0.6 is 0 Å². The van der Waals surface area contributed by atoms with E-state index in [1.807, 2.05) is 58.0 Å². The summed E-state index contributed by atoms with van der Waals surface area (Å²) in [6, 6.07) is 10.1. The van der Waals surface area contributed by atoms with Crippen LogP contribution in [0.5, 0.6) is 0 Å². The largest absolute Gasteiger partial charge is 0.373 e.